The number of nitrogens with one attached hydrogen (secondary N) is 2. The first-order chi connectivity index (χ1) is 24.0. The van der Waals surface area contributed by atoms with Gasteiger partial charge in [0.1, 0.15) is 44.9 Å². The smallest absolute Gasteiger partial charge is 0.178 e. The zero-order chi connectivity index (χ0) is 33.9. The molecular formula is C33H41N7O8. The lowest BCUT2D eigenvalue weighted by Crippen LogP contribution is -2.01. The van der Waals surface area contributed by atoms with E-state index in [4.69, 9.17) is 14.2 Å². The van der Waals surface area contributed by atoms with Crippen LogP contribution in [0.2, 0.25) is 0 Å². The summed E-state index contributed by atoms with van der Waals surface area (Å²) in [5.41, 5.74) is 2.52. The van der Waals surface area contributed by atoms with E-state index in [9.17, 15) is 0 Å². The van der Waals surface area contributed by atoms with Crippen LogP contribution in [0, 0.1) is 0 Å². The Morgan fingerprint density at radius 1 is 0.562 bits per heavy atom. The molecule has 256 valence electrons. The highest BCUT2D eigenvalue weighted by Crippen LogP contribution is 1.89. The summed E-state index contributed by atoms with van der Waals surface area (Å²) in [5, 5.41) is 9.73. The maximum Gasteiger partial charge on any atom is 0.178 e. The Labute approximate surface area is 280 Å². The first kappa shape index (κ1) is 39.5. The third-order valence-corrected chi connectivity index (χ3v) is 4.21. The monoisotopic (exact) mass is 663 g/mol. The fraction of sp³-hybridized carbons (Fsp3) is 0.182. The van der Waals surface area contributed by atoms with Crippen LogP contribution in [0.1, 0.15) is 6.42 Å². The number of aliphatic imine (C=N–C) groups is 3. The van der Waals surface area contributed by atoms with Crippen LogP contribution >= 0.6 is 0 Å². The fourth-order valence-electron chi connectivity index (χ4n) is 2.27. The second-order valence-electron chi connectivity index (χ2n) is 7.81. The number of hydroxylamine groups is 1. The van der Waals surface area contributed by atoms with Crippen molar-refractivity contribution in [3.63, 3.8) is 0 Å². The Bertz CT molecular complexity index is 942. The van der Waals surface area contributed by atoms with Gasteiger partial charge in [-0.2, -0.15) is 0 Å². The topological polar surface area (TPSA) is 160 Å². The van der Waals surface area contributed by atoms with E-state index in [-0.39, 0.29) is 0 Å². The van der Waals surface area contributed by atoms with Gasteiger partial charge in [0.05, 0.1) is 31.5 Å². The third kappa shape index (κ3) is 34.0. The molecule has 8 aliphatic heterocycles. The van der Waals surface area contributed by atoms with Crippen LogP contribution in [-0.4, -0.2) is 64.5 Å². The molecule has 48 heavy (non-hydrogen) atoms. The Hall–Kier alpha value is -6.51. The van der Waals surface area contributed by atoms with Crippen molar-refractivity contribution in [3.05, 3.63) is 135 Å². The molecule has 0 radical (unpaired) electrons. The van der Waals surface area contributed by atoms with Crippen LogP contribution in [0.25, 0.3) is 0 Å². The summed E-state index contributed by atoms with van der Waals surface area (Å²) in [7, 11) is 0. The summed E-state index contributed by atoms with van der Waals surface area (Å²) in [6, 6.07) is 0. The normalized spacial score (nSPS) is 17.0. The third-order valence-electron chi connectivity index (χ3n) is 4.21. The highest BCUT2D eigenvalue weighted by molar-refractivity contribution is 5.71. The highest BCUT2D eigenvalue weighted by Gasteiger charge is 1.80. The molecule has 0 fully saturated rings. The average Bonchev–Trinajstić information content (AvgIpc) is 3.25. The molecule has 8 rings (SSSR count). The number of rotatable bonds is 0. The molecule has 2 N–H and O–H groups in total. The van der Waals surface area contributed by atoms with Gasteiger partial charge in [-0.3, -0.25) is 9.98 Å². The zero-order valence-corrected chi connectivity index (χ0v) is 26.3. The van der Waals surface area contributed by atoms with Crippen molar-refractivity contribution in [3.8, 4) is 0 Å². The number of allylic oxidation sites excluding steroid dienone is 7. The van der Waals surface area contributed by atoms with Crippen LogP contribution < -0.4 is 10.8 Å². The van der Waals surface area contributed by atoms with E-state index in [1.54, 1.807) is 99.4 Å². The Kier molecular flexibility index (Phi) is 30.2. The molecule has 0 atom stereocenters. The SMILES string of the molecule is C1=CCOC=C1.C1=CCON=C1.C1=CN=COC1.C1=CNOC=C1.C1=COC=CN1.C1=COC=NC1.C1=COCN=C1.C1=CON=CC1. The maximum absolute atomic E-state index is 4.80. The molecule has 15 nitrogen and oxygen atoms in total. The van der Waals surface area contributed by atoms with Crippen molar-refractivity contribution < 1.29 is 38.2 Å². The summed E-state index contributed by atoms with van der Waals surface area (Å²) in [6.07, 6.45) is 47.4. The fourth-order valence-corrected chi connectivity index (χ4v) is 2.27. The van der Waals surface area contributed by atoms with Crippen molar-refractivity contribution in [2.45, 2.75) is 6.42 Å². The minimum absolute atomic E-state index is 0.483. The minimum atomic E-state index is 0.483. The van der Waals surface area contributed by atoms with E-state index in [1.165, 1.54) is 12.8 Å². The Balaban J connectivity index is 0.000000274. The van der Waals surface area contributed by atoms with Gasteiger partial charge in [0.25, 0.3) is 0 Å². The number of hydrogen-bond acceptors (Lipinski definition) is 15. The van der Waals surface area contributed by atoms with Gasteiger partial charge in [0.15, 0.2) is 19.5 Å². The average molecular weight is 664 g/mol. The van der Waals surface area contributed by atoms with Gasteiger partial charge in [0, 0.05) is 43.6 Å². The van der Waals surface area contributed by atoms with Gasteiger partial charge < -0.3 is 43.5 Å². The molecule has 0 amide bonds. The van der Waals surface area contributed by atoms with Gasteiger partial charge in [-0.25, -0.2) is 10.5 Å². The molecule has 0 spiro atoms. The lowest BCUT2D eigenvalue weighted by atomic mass is 10.4. The lowest BCUT2D eigenvalue weighted by molar-refractivity contribution is 0.172. The predicted molar refractivity (Wildman–Crippen MR) is 187 cm³/mol. The van der Waals surface area contributed by atoms with Gasteiger partial charge >= 0.3 is 0 Å². The number of hydrogen-bond donors (Lipinski definition) is 2. The van der Waals surface area contributed by atoms with Gasteiger partial charge in [-0.15, -0.1) is 0 Å². The Morgan fingerprint density at radius 2 is 1.44 bits per heavy atom. The maximum atomic E-state index is 4.80. The highest BCUT2D eigenvalue weighted by atomic mass is 16.6. The van der Waals surface area contributed by atoms with Crippen LogP contribution in [0.3, 0.4) is 0 Å². The molecule has 15 heteroatoms. The van der Waals surface area contributed by atoms with E-state index in [2.05, 4.69) is 60.1 Å². The molecule has 0 aromatic rings. The lowest BCUT2D eigenvalue weighted by Gasteiger charge is -1.97. The van der Waals surface area contributed by atoms with E-state index in [1.807, 2.05) is 54.7 Å². The standard InChI is InChI=1S/C5H6O.7C4H5NO/c1-2-4-6-5-3-1;1-3-6-4-2-5-1;3*1-2-5-4-6-3-1;3*1-2-4-6-5-3-1/h1-4H,5H2;1-5H;1,3-4H,2H2;1-2,4H,3H2;1-3H,4H2;2-4H,1H2;1-3H,4H2;1-5H. The van der Waals surface area contributed by atoms with Crippen molar-refractivity contribution in [1.82, 2.24) is 10.8 Å². The second kappa shape index (κ2) is 36.7. The first-order valence-corrected chi connectivity index (χ1v) is 14.3. The number of nitrogens with zero attached hydrogens (tertiary/aromatic N) is 5. The van der Waals surface area contributed by atoms with Crippen molar-refractivity contribution in [2.24, 2.45) is 25.3 Å². The van der Waals surface area contributed by atoms with Gasteiger partial charge in [0.2, 0.25) is 0 Å². The number of ether oxygens (including phenoxy) is 5. The van der Waals surface area contributed by atoms with Crippen molar-refractivity contribution >= 4 is 31.4 Å². The molecular weight excluding hydrogens is 622 g/mol. The second-order valence-corrected chi connectivity index (χ2v) is 7.81. The van der Waals surface area contributed by atoms with Gasteiger partial charge in [-0.05, 0) is 60.8 Å². The molecule has 8 aliphatic rings. The summed E-state index contributed by atoms with van der Waals surface area (Å²) in [6.45, 7) is 3.27. The van der Waals surface area contributed by atoms with Crippen LogP contribution in [0.15, 0.2) is 161 Å². The molecule has 0 aromatic carbocycles. The first-order valence-electron chi connectivity index (χ1n) is 14.3. The number of oxime groups is 2. The molecule has 0 aliphatic carbocycles. The molecule has 0 saturated heterocycles. The van der Waals surface area contributed by atoms with E-state index >= 15 is 0 Å². The summed E-state index contributed by atoms with van der Waals surface area (Å²) in [5.74, 6) is 0. The Morgan fingerprint density at radius 3 is 1.60 bits per heavy atom. The predicted octanol–water partition coefficient (Wildman–Crippen LogP) is 5.32. The zero-order valence-electron chi connectivity index (χ0n) is 26.3. The summed E-state index contributed by atoms with van der Waals surface area (Å²) >= 11 is 0. The molecule has 0 unspecified atom stereocenters. The van der Waals surface area contributed by atoms with Crippen LogP contribution in [0.5, 0.6) is 0 Å². The van der Waals surface area contributed by atoms with Crippen molar-refractivity contribution in [2.75, 3.05) is 33.1 Å². The minimum Gasteiger partial charge on any atom is -0.497 e. The van der Waals surface area contributed by atoms with Crippen LogP contribution in [0.4, 0.5) is 0 Å². The molecule has 0 saturated carbocycles. The van der Waals surface area contributed by atoms with Crippen molar-refractivity contribution in [1.29, 1.82) is 0 Å². The summed E-state index contributed by atoms with van der Waals surface area (Å²) < 4.78 is 23.4. The van der Waals surface area contributed by atoms with Crippen LogP contribution in [-0.2, 0) is 38.2 Å². The molecule has 8 heterocycles. The quantitative estimate of drug-likeness (QED) is 0.347. The van der Waals surface area contributed by atoms with E-state index < -0.39 is 0 Å². The van der Waals surface area contributed by atoms with Gasteiger partial charge in [-0.1, -0.05) is 16.4 Å². The largest absolute Gasteiger partial charge is 0.497 e. The molecule has 0 bridgehead atoms. The van der Waals surface area contributed by atoms with E-state index in [0.717, 1.165) is 19.6 Å². The molecule has 0 aromatic heterocycles. The van der Waals surface area contributed by atoms with E-state index in [0.29, 0.717) is 19.9 Å². The summed E-state index contributed by atoms with van der Waals surface area (Å²) in [4.78, 5) is 24.7.